The van der Waals surface area contributed by atoms with E-state index < -0.39 is 0 Å². The first kappa shape index (κ1) is 23.1. The maximum Gasteiger partial charge on any atom is 0.307 e. The predicted molar refractivity (Wildman–Crippen MR) is 134 cm³/mol. The molecule has 2 aromatic carbocycles. The number of fused-ring (bicyclic) bond motifs is 6. The zero-order valence-corrected chi connectivity index (χ0v) is 20.3. The van der Waals surface area contributed by atoms with E-state index in [2.05, 4.69) is 60.4 Å². The molecule has 4 unspecified atom stereocenters. The Bertz CT molecular complexity index is 1060. The van der Waals surface area contributed by atoms with Crippen LogP contribution in [0.4, 0.5) is 0 Å². The summed E-state index contributed by atoms with van der Waals surface area (Å²) in [5.41, 5.74) is 11.4. The lowest BCUT2D eigenvalue weighted by Crippen LogP contribution is -2.46. The number of carbonyl (C=O) groups excluding carboxylic acids is 1. The summed E-state index contributed by atoms with van der Waals surface area (Å²) in [6.45, 7) is 4.69. The van der Waals surface area contributed by atoms with E-state index in [0.717, 1.165) is 55.7 Å². The number of ether oxygens (including phenoxy) is 2. The van der Waals surface area contributed by atoms with Crippen molar-refractivity contribution in [3.8, 4) is 5.75 Å². The molecule has 5 rings (SSSR count). The Morgan fingerprint density at radius 2 is 2.00 bits per heavy atom. The molecular weight excluding hydrogens is 424 g/mol. The van der Waals surface area contributed by atoms with Crippen LogP contribution in [-0.2, 0) is 16.0 Å². The second-order valence-electron chi connectivity index (χ2n) is 10.1. The van der Waals surface area contributed by atoms with Crippen LogP contribution >= 0.6 is 0 Å². The fourth-order valence-corrected chi connectivity index (χ4v) is 6.08. The van der Waals surface area contributed by atoms with Gasteiger partial charge >= 0.3 is 5.97 Å². The summed E-state index contributed by atoms with van der Waals surface area (Å²) in [6.07, 6.45) is 7.13. The van der Waals surface area contributed by atoms with E-state index in [-0.39, 0.29) is 24.2 Å². The van der Waals surface area contributed by atoms with Crippen molar-refractivity contribution in [3.05, 3.63) is 71.0 Å². The van der Waals surface area contributed by atoms with Crippen LogP contribution < -0.4 is 10.5 Å². The lowest BCUT2D eigenvalue weighted by atomic mass is 9.77. The predicted octanol–water partition coefficient (Wildman–Crippen LogP) is 5.39. The maximum absolute atomic E-state index is 11.9. The van der Waals surface area contributed by atoms with Crippen molar-refractivity contribution < 1.29 is 14.3 Å². The van der Waals surface area contributed by atoms with Gasteiger partial charge in [-0.25, -0.2) is 0 Å². The van der Waals surface area contributed by atoms with Gasteiger partial charge in [0.2, 0.25) is 0 Å². The molecule has 5 nitrogen and oxygen atoms in total. The van der Waals surface area contributed by atoms with Gasteiger partial charge in [-0.3, -0.25) is 9.69 Å². The second-order valence-corrected chi connectivity index (χ2v) is 10.1. The van der Waals surface area contributed by atoms with E-state index in [9.17, 15) is 4.79 Å². The number of nitrogens with zero attached hydrogens (tertiary/aromatic N) is 1. The van der Waals surface area contributed by atoms with Crippen molar-refractivity contribution in [2.24, 2.45) is 5.73 Å². The molecule has 1 fully saturated rings. The van der Waals surface area contributed by atoms with Gasteiger partial charge in [-0.2, -0.15) is 0 Å². The Labute approximate surface area is 202 Å². The van der Waals surface area contributed by atoms with Gasteiger partial charge in [0.1, 0.15) is 11.5 Å². The summed E-state index contributed by atoms with van der Waals surface area (Å²) in [7, 11) is 0. The van der Waals surface area contributed by atoms with Crippen LogP contribution in [0.25, 0.3) is 5.57 Å². The van der Waals surface area contributed by atoms with Gasteiger partial charge in [-0.05, 0) is 80.8 Å². The number of hydrogen-bond donors (Lipinski definition) is 1. The van der Waals surface area contributed by atoms with Crippen molar-refractivity contribution >= 4 is 11.5 Å². The lowest BCUT2D eigenvalue weighted by Gasteiger charge is -2.45. The van der Waals surface area contributed by atoms with Crippen LogP contribution in [0.1, 0.15) is 75.1 Å². The molecule has 0 saturated carbocycles. The molecule has 0 radical (unpaired) electrons. The van der Waals surface area contributed by atoms with Gasteiger partial charge < -0.3 is 15.2 Å². The Morgan fingerprint density at radius 3 is 2.79 bits per heavy atom. The molecule has 2 aliphatic heterocycles. The molecule has 0 bridgehead atoms. The Morgan fingerprint density at radius 1 is 1.18 bits per heavy atom. The van der Waals surface area contributed by atoms with E-state index in [0.29, 0.717) is 12.5 Å². The number of benzene rings is 2. The molecule has 0 aromatic heterocycles. The molecule has 34 heavy (non-hydrogen) atoms. The van der Waals surface area contributed by atoms with Gasteiger partial charge in [0.25, 0.3) is 0 Å². The monoisotopic (exact) mass is 460 g/mol. The van der Waals surface area contributed by atoms with Gasteiger partial charge in [0, 0.05) is 37.0 Å². The van der Waals surface area contributed by atoms with Crippen LogP contribution in [-0.4, -0.2) is 35.6 Å². The van der Waals surface area contributed by atoms with Gasteiger partial charge in [0.15, 0.2) is 0 Å². The first-order chi connectivity index (χ1) is 16.5. The average Bonchev–Trinajstić information content (AvgIpc) is 3.29. The van der Waals surface area contributed by atoms with E-state index in [1.165, 1.54) is 30.0 Å². The van der Waals surface area contributed by atoms with Crippen LogP contribution in [0.3, 0.4) is 0 Å². The molecule has 180 valence electrons. The number of aryl methyl sites for hydroxylation is 1. The third-order valence-corrected chi connectivity index (χ3v) is 7.50. The number of rotatable bonds is 7. The minimum atomic E-state index is -0.278. The Kier molecular flexibility index (Phi) is 6.75. The van der Waals surface area contributed by atoms with Crippen molar-refractivity contribution in [2.75, 3.05) is 6.54 Å². The fourth-order valence-electron chi connectivity index (χ4n) is 6.08. The smallest absolute Gasteiger partial charge is 0.307 e. The van der Waals surface area contributed by atoms with E-state index in [1.54, 1.807) is 0 Å². The molecular formula is C29H36N2O3. The first-order valence-electron chi connectivity index (χ1n) is 12.8. The Hall–Kier alpha value is -2.63. The summed E-state index contributed by atoms with van der Waals surface area (Å²) in [5.74, 6) is 1.36. The SMILES string of the molecule is CC(=O)OC1=C2c3cc(OC(C)CCCc4ccccc4)ccc3C3CCCN3C2CC(N)C1. The van der Waals surface area contributed by atoms with Crippen molar-refractivity contribution in [1.82, 2.24) is 4.90 Å². The van der Waals surface area contributed by atoms with E-state index >= 15 is 0 Å². The van der Waals surface area contributed by atoms with E-state index in [1.807, 2.05) is 0 Å². The van der Waals surface area contributed by atoms with Gasteiger partial charge in [-0.1, -0.05) is 36.4 Å². The fraction of sp³-hybridized carbons (Fsp3) is 0.483. The molecule has 2 aromatic rings. The zero-order chi connectivity index (χ0) is 23.7. The summed E-state index contributed by atoms with van der Waals surface area (Å²) in [5, 5.41) is 0. The van der Waals surface area contributed by atoms with Crippen LogP contribution in [0.15, 0.2) is 54.3 Å². The van der Waals surface area contributed by atoms with Crippen molar-refractivity contribution in [1.29, 1.82) is 0 Å². The summed E-state index contributed by atoms with van der Waals surface area (Å²) in [4.78, 5) is 14.5. The van der Waals surface area contributed by atoms with Gasteiger partial charge in [-0.15, -0.1) is 0 Å². The van der Waals surface area contributed by atoms with Crippen LogP contribution in [0.2, 0.25) is 0 Å². The minimum Gasteiger partial charge on any atom is -0.491 e. The number of carbonyl (C=O) groups is 1. The maximum atomic E-state index is 11.9. The quantitative estimate of drug-likeness (QED) is 0.561. The van der Waals surface area contributed by atoms with Crippen LogP contribution in [0, 0.1) is 0 Å². The highest BCUT2D eigenvalue weighted by Crippen LogP contribution is 2.50. The standard InChI is InChI=1S/C29H36N2O3/c1-19(8-6-11-21-9-4-3-5-10-21)33-23-13-14-24-25(18-23)29-27(31-15-7-12-26(24)31)16-22(30)17-28(29)34-20(2)32/h3-5,9-10,13-14,18-19,22,26-27H,6-8,11-12,15-17,30H2,1-2H3. The summed E-state index contributed by atoms with van der Waals surface area (Å²) >= 11 is 0. The average molecular weight is 461 g/mol. The van der Waals surface area contributed by atoms with Gasteiger partial charge in [0.05, 0.1) is 6.10 Å². The zero-order valence-electron chi connectivity index (χ0n) is 20.3. The Balaban J connectivity index is 1.38. The minimum absolute atomic E-state index is 0.00923. The molecule has 1 saturated heterocycles. The lowest BCUT2D eigenvalue weighted by molar-refractivity contribution is -0.137. The summed E-state index contributed by atoms with van der Waals surface area (Å²) < 4.78 is 12.1. The second kappa shape index (κ2) is 9.93. The third-order valence-electron chi connectivity index (χ3n) is 7.50. The largest absolute Gasteiger partial charge is 0.491 e. The van der Waals surface area contributed by atoms with Crippen molar-refractivity contribution in [2.45, 2.75) is 83.0 Å². The third kappa shape index (κ3) is 4.77. The molecule has 5 heteroatoms. The topological polar surface area (TPSA) is 64.8 Å². The number of esters is 1. The first-order valence-corrected chi connectivity index (χ1v) is 12.8. The highest BCUT2D eigenvalue weighted by Gasteiger charge is 2.44. The van der Waals surface area contributed by atoms with E-state index in [4.69, 9.17) is 15.2 Å². The molecule has 2 N–H and O–H groups in total. The number of hydrogen-bond acceptors (Lipinski definition) is 5. The number of nitrogens with two attached hydrogens (primary N) is 1. The molecule has 0 amide bonds. The highest BCUT2D eigenvalue weighted by molar-refractivity contribution is 5.80. The molecule has 0 spiro atoms. The highest BCUT2D eigenvalue weighted by atomic mass is 16.5. The molecule has 1 aliphatic carbocycles. The molecule has 4 atom stereocenters. The molecule has 2 heterocycles. The molecule has 3 aliphatic rings. The summed E-state index contributed by atoms with van der Waals surface area (Å²) in [6, 6.07) is 17.8. The normalized spacial score (nSPS) is 24.7. The van der Waals surface area contributed by atoms with Crippen LogP contribution in [0.5, 0.6) is 5.75 Å². The van der Waals surface area contributed by atoms with Crippen molar-refractivity contribution in [3.63, 3.8) is 0 Å².